The van der Waals surface area contributed by atoms with E-state index < -0.39 is 5.60 Å². The fraction of sp³-hybridized carbons (Fsp3) is 0.615. The van der Waals surface area contributed by atoms with E-state index in [0.717, 1.165) is 5.56 Å². The molecule has 1 heterocycles. The van der Waals surface area contributed by atoms with Crippen LogP contribution < -0.4 is 4.74 Å². The Kier molecular flexibility index (Phi) is 4.30. The molecule has 0 aliphatic rings. The molecule has 90 valence electrons. The zero-order chi connectivity index (χ0) is 12.2. The second-order valence-electron chi connectivity index (χ2n) is 4.31. The molecule has 0 fully saturated rings. The maximum atomic E-state index is 10.4. The van der Waals surface area contributed by atoms with E-state index >= 15 is 0 Å². The zero-order valence-corrected chi connectivity index (χ0v) is 10.5. The molecule has 0 aromatic carbocycles. The largest absolute Gasteiger partial charge is 0.489 e. The maximum absolute atomic E-state index is 10.4. The molecule has 0 saturated carbocycles. The number of pyridine rings is 1. The molecule has 0 spiro atoms. The third-order valence-corrected chi connectivity index (χ3v) is 2.79. The lowest BCUT2D eigenvalue weighted by Gasteiger charge is -2.25. The lowest BCUT2D eigenvalue weighted by atomic mass is 9.90. The van der Waals surface area contributed by atoms with Crippen molar-refractivity contribution >= 4 is 0 Å². The smallest absolute Gasteiger partial charge is 0.138 e. The number of hydrogen-bond acceptors (Lipinski definition) is 3. The van der Waals surface area contributed by atoms with E-state index in [4.69, 9.17) is 4.74 Å². The van der Waals surface area contributed by atoms with Crippen molar-refractivity contribution in [3.8, 4) is 5.75 Å². The van der Waals surface area contributed by atoms with Crippen molar-refractivity contribution < 1.29 is 9.84 Å². The molecule has 0 bridgehead atoms. The molecular formula is C13H21NO2. The maximum Gasteiger partial charge on any atom is 0.138 e. The van der Waals surface area contributed by atoms with E-state index in [1.165, 1.54) is 0 Å². The highest BCUT2D eigenvalue weighted by molar-refractivity contribution is 5.28. The summed E-state index contributed by atoms with van der Waals surface area (Å²) in [7, 11) is 0. The number of aliphatic hydroxyl groups is 1. The Morgan fingerprint density at radius 2 is 1.94 bits per heavy atom. The molecule has 0 radical (unpaired) electrons. The van der Waals surface area contributed by atoms with Crippen molar-refractivity contribution in [3.63, 3.8) is 0 Å². The van der Waals surface area contributed by atoms with Crippen molar-refractivity contribution in [1.82, 2.24) is 4.98 Å². The first-order chi connectivity index (χ1) is 7.51. The van der Waals surface area contributed by atoms with Crippen LogP contribution in [0.15, 0.2) is 18.5 Å². The highest BCUT2D eigenvalue weighted by Crippen LogP contribution is 2.29. The molecule has 3 nitrogen and oxygen atoms in total. The van der Waals surface area contributed by atoms with Gasteiger partial charge in [-0.05, 0) is 32.8 Å². The standard InChI is InChI=1S/C13H21NO2/c1-5-13(15,6-2)11-7-12(9-14-8-11)16-10(3)4/h7-10,15H,5-6H2,1-4H3. The molecule has 3 heteroatoms. The Bertz CT molecular complexity index is 332. The van der Waals surface area contributed by atoms with Gasteiger partial charge in [0, 0.05) is 11.8 Å². The summed E-state index contributed by atoms with van der Waals surface area (Å²) in [6.45, 7) is 7.88. The van der Waals surface area contributed by atoms with Gasteiger partial charge in [0.1, 0.15) is 5.75 Å². The third-order valence-electron chi connectivity index (χ3n) is 2.79. The summed E-state index contributed by atoms with van der Waals surface area (Å²) in [5, 5.41) is 10.4. The number of aromatic nitrogens is 1. The SMILES string of the molecule is CCC(O)(CC)c1cncc(OC(C)C)c1. The van der Waals surface area contributed by atoms with E-state index in [2.05, 4.69) is 4.98 Å². The van der Waals surface area contributed by atoms with Crippen LogP contribution in [0, 0.1) is 0 Å². The van der Waals surface area contributed by atoms with Crippen molar-refractivity contribution in [2.24, 2.45) is 0 Å². The summed E-state index contributed by atoms with van der Waals surface area (Å²) in [6, 6.07) is 1.88. The van der Waals surface area contributed by atoms with Crippen molar-refractivity contribution in [2.75, 3.05) is 0 Å². The molecule has 0 atom stereocenters. The lowest BCUT2D eigenvalue weighted by molar-refractivity contribution is 0.0277. The lowest BCUT2D eigenvalue weighted by Crippen LogP contribution is -2.23. The van der Waals surface area contributed by atoms with Crippen molar-refractivity contribution in [3.05, 3.63) is 24.0 Å². The van der Waals surface area contributed by atoms with E-state index in [9.17, 15) is 5.11 Å². The van der Waals surface area contributed by atoms with Crippen LogP contribution in [0.25, 0.3) is 0 Å². The highest BCUT2D eigenvalue weighted by atomic mass is 16.5. The Morgan fingerprint density at radius 1 is 1.31 bits per heavy atom. The van der Waals surface area contributed by atoms with Gasteiger partial charge in [0.25, 0.3) is 0 Å². The van der Waals surface area contributed by atoms with Crippen LogP contribution in [0.5, 0.6) is 5.75 Å². The second kappa shape index (κ2) is 5.30. The van der Waals surface area contributed by atoms with Crippen LogP contribution in [0.4, 0.5) is 0 Å². The Labute approximate surface area is 97.5 Å². The Hall–Kier alpha value is -1.09. The average molecular weight is 223 g/mol. The first-order valence-corrected chi connectivity index (χ1v) is 5.86. The van der Waals surface area contributed by atoms with Crippen molar-refractivity contribution in [2.45, 2.75) is 52.2 Å². The van der Waals surface area contributed by atoms with Crippen molar-refractivity contribution in [1.29, 1.82) is 0 Å². The average Bonchev–Trinajstić information content (AvgIpc) is 2.27. The van der Waals surface area contributed by atoms with Crippen LogP contribution in [0.2, 0.25) is 0 Å². The van der Waals surface area contributed by atoms with E-state index in [1.807, 2.05) is 33.8 Å². The summed E-state index contributed by atoms with van der Waals surface area (Å²) < 4.78 is 5.57. The molecule has 0 aliphatic carbocycles. The van der Waals surface area contributed by atoms with Crippen LogP contribution in [-0.4, -0.2) is 16.2 Å². The predicted octanol–water partition coefficient (Wildman–Crippen LogP) is 2.88. The van der Waals surface area contributed by atoms with Gasteiger partial charge in [-0.2, -0.15) is 0 Å². The predicted molar refractivity (Wildman–Crippen MR) is 64.5 cm³/mol. The fourth-order valence-corrected chi connectivity index (χ4v) is 1.67. The molecule has 1 aromatic heterocycles. The normalized spacial score (nSPS) is 11.9. The van der Waals surface area contributed by atoms with Gasteiger partial charge in [0.2, 0.25) is 0 Å². The molecule has 0 aliphatic heterocycles. The second-order valence-corrected chi connectivity index (χ2v) is 4.31. The third kappa shape index (κ3) is 2.95. The van der Waals surface area contributed by atoms with Gasteiger partial charge in [-0.15, -0.1) is 0 Å². The molecule has 0 saturated heterocycles. The first-order valence-electron chi connectivity index (χ1n) is 5.86. The highest BCUT2D eigenvalue weighted by Gasteiger charge is 2.25. The molecule has 1 rings (SSSR count). The summed E-state index contributed by atoms with van der Waals surface area (Å²) >= 11 is 0. The van der Waals surface area contributed by atoms with Gasteiger partial charge < -0.3 is 9.84 Å². The zero-order valence-electron chi connectivity index (χ0n) is 10.5. The summed E-state index contributed by atoms with van der Waals surface area (Å²) in [5.41, 5.74) is 0.0410. The monoisotopic (exact) mass is 223 g/mol. The summed E-state index contributed by atoms with van der Waals surface area (Å²) in [5.74, 6) is 0.716. The number of rotatable bonds is 5. The van der Waals surface area contributed by atoms with Crippen LogP contribution in [-0.2, 0) is 5.60 Å². The molecular weight excluding hydrogens is 202 g/mol. The molecule has 1 N–H and O–H groups in total. The Balaban J connectivity index is 2.97. The topological polar surface area (TPSA) is 42.4 Å². The molecule has 0 amide bonds. The van der Waals surface area contributed by atoms with Crippen LogP contribution >= 0.6 is 0 Å². The van der Waals surface area contributed by atoms with E-state index in [0.29, 0.717) is 18.6 Å². The summed E-state index contributed by atoms with van der Waals surface area (Å²) in [4.78, 5) is 4.11. The minimum atomic E-state index is -0.788. The number of ether oxygens (including phenoxy) is 1. The molecule has 0 unspecified atom stereocenters. The van der Waals surface area contributed by atoms with Crippen LogP contribution in [0.1, 0.15) is 46.1 Å². The summed E-state index contributed by atoms with van der Waals surface area (Å²) in [6.07, 6.45) is 4.86. The van der Waals surface area contributed by atoms with Gasteiger partial charge in [-0.3, -0.25) is 4.98 Å². The van der Waals surface area contributed by atoms with E-state index in [-0.39, 0.29) is 6.10 Å². The van der Waals surface area contributed by atoms with Gasteiger partial charge in [0.15, 0.2) is 0 Å². The van der Waals surface area contributed by atoms with Gasteiger partial charge in [-0.25, -0.2) is 0 Å². The number of hydrogen-bond donors (Lipinski definition) is 1. The van der Waals surface area contributed by atoms with Gasteiger partial charge in [0.05, 0.1) is 17.9 Å². The minimum Gasteiger partial charge on any atom is -0.489 e. The minimum absolute atomic E-state index is 0.119. The van der Waals surface area contributed by atoms with Gasteiger partial charge >= 0.3 is 0 Å². The molecule has 1 aromatic rings. The molecule has 16 heavy (non-hydrogen) atoms. The van der Waals surface area contributed by atoms with Crippen LogP contribution in [0.3, 0.4) is 0 Å². The Morgan fingerprint density at radius 3 is 2.44 bits per heavy atom. The van der Waals surface area contributed by atoms with Gasteiger partial charge in [-0.1, -0.05) is 13.8 Å². The fourth-order valence-electron chi connectivity index (χ4n) is 1.67. The first kappa shape index (κ1) is 13.0. The quantitative estimate of drug-likeness (QED) is 0.834. The number of nitrogens with zero attached hydrogens (tertiary/aromatic N) is 1. The van der Waals surface area contributed by atoms with E-state index in [1.54, 1.807) is 12.4 Å².